The van der Waals surface area contributed by atoms with E-state index in [0.717, 1.165) is 6.42 Å². The minimum atomic E-state index is -0.964. The van der Waals surface area contributed by atoms with E-state index < -0.39 is 23.1 Å². The third-order valence-corrected chi connectivity index (χ3v) is 8.14. The summed E-state index contributed by atoms with van der Waals surface area (Å²) in [6, 6.07) is -0.740. The molecule has 0 aliphatic carbocycles. The van der Waals surface area contributed by atoms with Gasteiger partial charge in [-0.15, -0.1) is 0 Å². The molecule has 3 atom stereocenters. The molecule has 0 amide bonds. The lowest BCUT2D eigenvalue weighted by atomic mass is 9.89. The maximum atomic E-state index is 12.7. The lowest BCUT2D eigenvalue weighted by Crippen LogP contribution is -2.51. The van der Waals surface area contributed by atoms with E-state index in [0.29, 0.717) is 77.6 Å². The van der Waals surface area contributed by atoms with Crippen molar-refractivity contribution in [2.24, 2.45) is 5.41 Å². The lowest BCUT2D eigenvalue weighted by Gasteiger charge is -2.29. The maximum absolute atomic E-state index is 12.7. The molecule has 0 fully saturated rings. The van der Waals surface area contributed by atoms with Crippen molar-refractivity contribution in [2.75, 3.05) is 73.0 Å². The van der Waals surface area contributed by atoms with E-state index >= 15 is 0 Å². The van der Waals surface area contributed by atoms with Gasteiger partial charge < -0.3 is 40.0 Å². The van der Waals surface area contributed by atoms with E-state index in [1.165, 1.54) is 5.57 Å². The van der Waals surface area contributed by atoms with Gasteiger partial charge in [0.1, 0.15) is 12.6 Å². The van der Waals surface area contributed by atoms with Gasteiger partial charge in [-0.25, -0.2) is 0 Å². The van der Waals surface area contributed by atoms with Crippen LogP contribution in [0.15, 0.2) is 12.2 Å². The Morgan fingerprint density at radius 1 is 0.756 bits per heavy atom. The number of ether oxygens (including phenoxy) is 4. The molecule has 45 heavy (non-hydrogen) atoms. The zero-order valence-corrected chi connectivity index (χ0v) is 30.2. The SMILES string of the molecule is C=C(C)C(C)(C)C.CCOCCCOCCNC(C)(CC)C(=O)COCCOCCNC(C)(CC)C(=O)CCC(NC)C(=O)O. The average molecular weight is 646 g/mol. The van der Waals surface area contributed by atoms with Gasteiger partial charge in [0.25, 0.3) is 0 Å². The van der Waals surface area contributed by atoms with Crippen LogP contribution in [0.3, 0.4) is 0 Å². The summed E-state index contributed by atoms with van der Waals surface area (Å²) in [5.41, 5.74) is 0.135. The average Bonchev–Trinajstić information content (AvgIpc) is 2.99. The third-order valence-electron chi connectivity index (χ3n) is 8.14. The van der Waals surface area contributed by atoms with E-state index in [1.807, 2.05) is 34.6 Å². The summed E-state index contributed by atoms with van der Waals surface area (Å²) in [5, 5.41) is 18.3. The second kappa shape index (κ2) is 25.4. The molecular weight excluding hydrogens is 578 g/mol. The van der Waals surface area contributed by atoms with Crippen molar-refractivity contribution in [3.63, 3.8) is 0 Å². The van der Waals surface area contributed by atoms with E-state index in [2.05, 4.69) is 50.2 Å². The van der Waals surface area contributed by atoms with Crippen molar-refractivity contribution in [1.29, 1.82) is 0 Å². The fourth-order valence-electron chi connectivity index (χ4n) is 3.64. The Hall–Kier alpha value is -1.73. The number of hydrogen-bond donors (Lipinski definition) is 4. The second-order valence-corrected chi connectivity index (χ2v) is 12.6. The fraction of sp³-hybridized carbons (Fsp3) is 0.853. The van der Waals surface area contributed by atoms with Crippen LogP contribution in [0.5, 0.6) is 0 Å². The lowest BCUT2D eigenvalue weighted by molar-refractivity contribution is -0.139. The summed E-state index contributed by atoms with van der Waals surface area (Å²) in [4.78, 5) is 36.5. The molecule has 0 aliphatic rings. The Balaban J connectivity index is 0. The number of allylic oxidation sites excluding steroid dienone is 1. The van der Waals surface area contributed by atoms with Gasteiger partial charge in [-0.3, -0.25) is 14.4 Å². The first-order chi connectivity index (χ1) is 21.0. The Morgan fingerprint density at radius 2 is 1.22 bits per heavy atom. The Bertz CT molecular complexity index is 833. The quantitative estimate of drug-likeness (QED) is 0.0754. The molecule has 0 aliphatic heterocycles. The third kappa shape index (κ3) is 21.6. The largest absolute Gasteiger partial charge is 0.480 e. The number of hydrogen-bond acceptors (Lipinski definition) is 10. The predicted molar refractivity (Wildman–Crippen MR) is 181 cm³/mol. The first-order valence-electron chi connectivity index (χ1n) is 16.5. The van der Waals surface area contributed by atoms with Crippen molar-refractivity contribution in [1.82, 2.24) is 16.0 Å². The first kappa shape index (κ1) is 45.4. The predicted octanol–water partition coefficient (Wildman–Crippen LogP) is 4.18. The molecule has 4 N–H and O–H groups in total. The first-order valence-corrected chi connectivity index (χ1v) is 16.5. The van der Waals surface area contributed by atoms with Gasteiger partial charge in [-0.1, -0.05) is 46.8 Å². The second-order valence-electron chi connectivity index (χ2n) is 12.6. The van der Waals surface area contributed by atoms with E-state index in [-0.39, 0.29) is 31.0 Å². The van der Waals surface area contributed by atoms with Gasteiger partial charge in [0.05, 0.1) is 37.5 Å². The van der Waals surface area contributed by atoms with Crippen molar-refractivity contribution in [3.8, 4) is 0 Å². The summed E-state index contributed by atoms with van der Waals surface area (Å²) < 4.78 is 22.0. The minimum Gasteiger partial charge on any atom is -0.480 e. The van der Waals surface area contributed by atoms with Gasteiger partial charge in [-0.2, -0.15) is 0 Å². The van der Waals surface area contributed by atoms with Crippen LogP contribution in [-0.2, 0) is 33.3 Å². The summed E-state index contributed by atoms with van der Waals surface area (Å²) in [7, 11) is 1.57. The van der Waals surface area contributed by atoms with Crippen LogP contribution >= 0.6 is 0 Å². The Kier molecular flexibility index (Phi) is 25.6. The number of carbonyl (C=O) groups excluding carboxylic acids is 2. The molecule has 11 nitrogen and oxygen atoms in total. The van der Waals surface area contributed by atoms with E-state index in [1.54, 1.807) is 7.05 Å². The molecule has 0 rings (SSSR count). The highest BCUT2D eigenvalue weighted by molar-refractivity contribution is 5.89. The van der Waals surface area contributed by atoms with Crippen LogP contribution in [0, 0.1) is 5.41 Å². The zero-order chi connectivity index (χ0) is 34.9. The van der Waals surface area contributed by atoms with Crippen molar-refractivity contribution >= 4 is 17.5 Å². The van der Waals surface area contributed by atoms with E-state index in [9.17, 15) is 14.4 Å². The number of Topliss-reactive ketones (excluding diaryl/α,β-unsaturated/α-hetero) is 2. The Morgan fingerprint density at radius 3 is 1.67 bits per heavy atom. The molecule has 266 valence electrons. The van der Waals surface area contributed by atoms with Gasteiger partial charge >= 0.3 is 5.97 Å². The van der Waals surface area contributed by atoms with Crippen molar-refractivity contribution < 1.29 is 38.4 Å². The Labute approximate surface area is 273 Å². The summed E-state index contributed by atoms with van der Waals surface area (Å²) in [6.07, 6.45) is 2.49. The highest BCUT2D eigenvalue weighted by Gasteiger charge is 2.31. The van der Waals surface area contributed by atoms with Crippen LogP contribution < -0.4 is 16.0 Å². The molecule has 0 saturated heterocycles. The number of ketones is 2. The maximum Gasteiger partial charge on any atom is 0.320 e. The molecule has 0 aromatic rings. The number of likely N-dealkylation sites (N-methyl/N-ethyl adjacent to an activating group) is 1. The molecule has 0 spiro atoms. The summed E-state index contributed by atoms with van der Waals surface area (Å²) in [5.74, 6) is -1.00. The van der Waals surface area contributed by atoms with Crippen LogP contribution in [0.25, 0.3) is 0 Å². The van der Waals surface area contributed by atoms with Crippen molar-refractivity contribution in [2.45, 2.75) is 112 Å². The molecular formula is C34H67N3O8. The fourth-order valence-corrected chi connectivity index (χ4v) is 3.64. The number of carboxylic acids is 1. The minimum absolute atomic E-state index is 0.000521. The topological polar surface area (TPSA) is 144 Å². The van der Waals surface area contributed by atoms with Crippen molar-refractivity contribution in [3.05, 3.63) is 12.2 Å². The monoisotopic (exact) mass is 645 g/mol. The number of carboxylic acid groups (broad SMARTS) is 1. The summed E-state index contributed by atoms with van der Waals surface area (Å²) >= 11 is 0. The molecule has 0 aromatic heterocycles. The van der Waals surface area contributed by atoms with Crippen LogP contribution in [0.4, 0.5) is 0 Å². The molecule has 11 heteroatoms. The van der Waals surface area contributed by atoms with Gasteiger partial charge in [-0.05, 0) is 65.8 Å². The highest BCUT2D eigenvalue weighted by Crippen LogP contribution is 2.21. The van der Waals surface area contributed by atoms with Crippen LogP contribution in [0.2, 0.25) is 0 Å². The smallest absolute Gasteiger partial charge is 0.320 e. The van der Waals surface area contributed by atoms with Gasteiger partial charge in [0.15, 0.2) is 11.6 Å². The van der Waals surface area contributed by atoms with E-state index in [4.69, 9.17) is 24.1 Å². The summed E-state index contributed by atoms with van der Waals surface area (Å²) in [6.45, 7) is 26.5. The number of aliphatic carboxylic acids is 1. The normalized spacial score (nSPS) is 14.9. The van der Waals surface area contributed by atoms with Gasteiger partial charge in [0.2, 0.25) is 0 Å². The molecule has 0 heterocycles. The molecule has 0 bridgehead atoms. The van der Waals surface area contributed by atoms with Gasteiger partial charge in [0, 0.05) is 39.3 Å². The molecule has 3 unspecified atom stereocenters. The number of carbonyl (C=O) groups is 3. The number of nitrogens with one attached hydrogen (secondary N) is 3. The zero-order valence-electron chi connectivity index (χ0n) is 30.2. The van der Waals surface area contributed by atoms with Crippen LogP contribution in [0.1, 0.15) is 94.4 Å². The molecule has 0 saturated carbocycles. The molecule has 0 aromatic carbocycles. The highest BCUT2D eigenvalue weighted by atomic mass is 16.5. The van der Waals surface area contributed by atoms with Crippen LogP contribution in [-0.4, -0.2) is 113 Å². The molecule has 0 radical (unpaired) electrons. The number of rotatable bonds is 27. The standard InChI is InChI=1S/C27H53N3O8.C7H14/c1-7-26(4,23(31)12-11-22(28-6)25(33)34)29-14-18-37-19-20-38-21-24(32)27(5,8-2)30-13-17-36-16-10-15-35-9-3;1-6(2)7(3,4)5/h22,28-30H,7-21H2,1-6H3,(H,33,34);1H2,2-5H3.